The van der Waals surface area contributed by atoms with E-state index in [0.29, 0.717) is 10.6 Å². The summed E-state index contributed by atoms with van der Waals surface area (Å²) in [5.74, 6) is 4.14. The Morgan fingerprint density at radius 1 is 1.16 bits per heavy atom. The zero-order valence-electron chi connectivity index (χ0n) is 10.3. The van der Waals surface area contributed by atoms with Gasteiger partial charge in [-0.25, -0.2) is 14.2 Å². The van der Waals surface area contributed by atoms with Gasteiger partial charge < -0.3 is 0 Å². The summed E-state index contributed by atoms with van der Waals surface area (Å²) in [7, 11) is 0. The van der Waals surface area contributed by atoms with Crippen molar-refractivity contribution in [3.63, 3.8) is 0 Å². The van der Waals surface area contributed by atoms with Gasteiger partial charge in [-0.3, -0.25) is 5.84 Å². The molecular weight excluding hydrogens is 270 g/mol. The van der Waals surface area contributed by atoms with Crippen molar-refractivity contribution in [3.8, 4) is 0 Å². The molecule has 5 heteroatoms. The molecule has 0 aliphatic heterocycles. The second-order valence-electron chi connectivity index (χ2n) is 4.30. The highest BCUT2D eigenvalue weighted by atomic mass is 35.5. The molecule has 2 aromatic rings. The second kappa shape index (κ2) is 5.65. The summed E-state index contributed by atoms with van der Waals surface area (Å²) < 4.78 is 27.6. The zero-order valence-corrected chi connectivity index (χ0v) is 11.0. The van der Waals surface area contributed by atoms with Crippen LogP contribution in [0, 0.1) is 18.6 Å². The Balaban J connectivity index is 2.56. The van der Waals surface area contributed by atoms with Crippen LogP contribution in [0.3, 0.4) is 0 Å². The molecule has 0 bridgehead atoms. The van der Waals surface area contributed by atoms with Gasteiger partial charge in [-0.1, -0.05) is 23.7 Å². The van der Waals surface area contributed by atoms with Crippen LogP contribution in [-0.4, -0.2) is 0 Å². The van der Waals surface area contributed by atoms with E-state index in [4.69, 9.17) is 17.4 Å². The third-order valence-corrected chi connectivity index (χ3v) is 3.07. The Hall–Kier alpha value is -1.49. The molecule has 2 rings (SSSR count). The van der Waals surface area contributed by atoms with E-state index in [1.165, 1.54) is 18.2 Å². The van der Waals surface area contributed by atoms with Gasteiger partial charge in [0.25, 0.3) is 0 Å². The molecule has 0 fully saturated rings. The number of hydrazine groups is 1. The molecule has 0 heterocycles. The van der Waals surface area contributed by atoms with Crippen molar-refractivity contribution in [2.24, 2.45) is 5.84 Å². The molecule has 0 aliphatic rings. The van der Waals surface area contributed by atoms with Gasteiger partial charge in [-0.2, -0.15) is 0 Å². The van der Waals surface area contributed by atoms with Gasteiger partial charge in [0.15, 0.2) is 0 Å². The highest BCUT2D eigenvalue weighted by Gasteiger charge is 2.21. The summed E-state index contributed by atoms with van der Waals surface area (Å²) in [6.07, 6.45) is 0. The van der Waals surface area contributed by atoms with E-state index in [1.54, 1.807) is 18.2 Å². The molecule has 100 valence electrons. The Morgan fingerprint density at radius 3 is 2.32 bits per heavy atom. The lowest BCUT2D eigenvalue weighted by Crippen LogP contribution is -2.30. The zero-order chi connectivity index (χ0) is 14.0. The van der Waals surface area contributed by atoms with Crippen LogP contribution in [0.15, 0.2) is 36.4 Å². The van der Waals surface area contributed by atoms with Crippen molar-refractivity contribution in [1.29, 1.82) is 0 Å². The number of aryl methyl sites for hydroxylation is 1. The number of nitrogens with one attached hydrogen (secondary N) is 1. The normalized spacial score (nSPS) is 12.5. The fraction of sp³-hybridized carbons (Fsp3) is 0.143. The second-order valence-corrected chi connectivity index (χ2v) is 4.73. The van der Waals surface area contributed by atoms with Crippen LogP contribution in [0.1, 0.15) is 22.7 Å². The standard InChI is InChI=1S/C14H13ClF2N2/c1-8-5-9(7-10(15)6-8)14(19-18)13-11(16)3-2-4-12(13)17/h2-7,14,19H,18H2,1H3. The lowest BCUT2D eigenvalue weighted by Gasteiger charge is -2.19. The number of hydrogen-bond donors (Lipinski definition) is 2. The predicted octanol–water partition coefficient (Wildman–Crippen LogP) is 3.48. The third-order valence-electron chi connectivity index (χ3n) is 2.85. The Morgan fingerprint density at radius 2 is 1.79 bits per heavy atom. The molecule has 0 aliphatic carbocycles. The van der Waals surface area contributed by atoms with Crippen molar-refractivity contribution >= 4 is 11.6 Å². The molecule has 0 radical (unpaired) electrons. The highest BCUT2D eigenvalue weighted by molar-refractivity contribution is 6.30. The van der Waals surface area contributed by atoms with Crippen molar-refractivity contribution in [2.45, 2.75) is 13.0 Å². The molecule has 1 unspecified atom stereocenters. The molecule has 0 aromatic heterocycles. The Bertz CT molecular complexity index is 561. The highest BCUT2D eigenvalue weighted by Crippen LogP contribution is 2.28. The molecule has 1 atom stereocenters. The third kappa shape index (κ3) is 2.92. The van der Waals surface area contributed by atoms with Crippen LogP contribution in [-0.2, 0) is 0 Å². The van der Waals surface area contributed by atoms with E-state index in [2.05, 4.69) is 5.43 Å². The van der Waals surface area contributed by atoms with E-state index in [0.717, 1.165) is 5.56 Å². The van der Waals surface area contributed by atoms with Crippen molar-refractivity contribution in [3.05, 3.63) is 69.7 Å². The smallest absolute Gasteiger partial charge is 0.131 e. The molecule has 0 amide bonds. The average molecular weight is 283 g/mol. The van der Waals surface area contributed by atoms with Crippen LogP contribution in [0.5, 0.6) is 0 Å². The molecule has 2 nitrogen and oxygen atoms in total. The topological polar surface area (TPSA) is 38.0 Å². The van der Waals surface area contributed by atoms with E-state index in [-0.39, 0.29) is 5.56 Å². The maximum atomic E-state index is 13.8. The fourth-order valence-corrected chi connectivity index (χ4v) is 2.36. The first kappa shape index (κ1) is 13.9. The summed E-state index contributed by atoms with van der Waals surface area (Å²) in [6, 6.07) is 8.08. The SMILES string of the molecule is Cc1cc(Cl)cc(C(NN)c2c(F)cccc2F)c1. The van der Waals surface area contributed by atoms with Crippen LogP contribution in [0.25, 0.3) is 0 Å². The monoisotopic (exact) mass is 282 g/mol. The summed E-state index contributed by atoms with van der Waals surface area (Å²) in [5, 5.41) is 0.493. The van der Waals surface area contributed by atoms with Crippen molar-refractivity contribution in [1.82, 2.24) is 5.43 Å². The summed E-state index contributed by atoms with van der Waals surface area (Å²) >= 11 is 5.96. The van der Waals surface area contributed by atoms with Crippen LogP contribution in [0.4, 0.5) is 8.78 Å². The van der Waals surface area contributed by atoms with Gasteiger partial charge in [0, 0.05) is 10.6 Å². The minimum atomic E-state index is -0.793. The minimum absolute atomic E-state index is 0.119. The van der Waals surface area contributed by atoms with Gasteiger partial charge in [-0.15, -0.1) is 0 Å². The minimum Gasteiger partial charge on any atom is -0.271 e. The van der Waals surface area contributed by atoms with Gasteiger partial charge in [0.2, 0.25) is 0 Å². The van der Waals surface area contributed by atoms with Gasteiger partial charge in [0.1, 0.15) is 11.6 Å². The molecule has 2 aromatic carbocycles. The van der Waals surface area contributed by atoms with Crippen LogP contribution in [0.2, 0.25) is 5.02 Å². The largest absolute Gasteiger partial charge is 0.271 e. The Kier molecular flexibility index (Phi) is 4.14. The summed E-state index contributed by atoms with van der Waals surface area (Å²) in [4.78, 5) is 0. The van der Waals surface area contributed by atoms with E-state index < -0.39 is 17.7 Å². The first-order chi connectivity index (χ1) is 9.02. The maximum Gasteiger partial charge on any atom is 0.131 e. The van der Waals surface area contributed by atoms with Gasteiger partial charge in [0.05, 0.1) is 6.04 Å². The van der Waals surface area contributed by atoms with Crippen molar-refractivity contribution < 1.29 is 8.78 Å². The first-order valence-electron chi connectivity index (χ1n) is 5.70. The van der Waals surface area contributed by atoms with Gasteiger partial charge >= 0.3 is 0 Å². The fourth-order valence-electron chi connectivity index (χ4n) is 2.06. The molecule has 3 N–H and O–H groups in total. The molecule has 19 heavy (non-hydrogen) atoms. The number of halogens is 3. The summed E-state index contributed by atoms with van der Waals surface area (Å²) in [5.41, 5.74) is 3.81. The molecular formula is C14H13ClF2N2. The van der Waals surface area contributed by atoms with Crippen LogP contribution < -0.4 is 11.3 Å². The lowest BCUT2D eigenvalue weighted by atomic mass is 9.97. The predicted molar refractivity (Wildman–Crippen MR) is 71.7 cm³/mol. The number of hydrogen-bond acceptors (Lipinski definition) is 2. The quantitative estimate of drug-likeness (QED) is 0.668. The lowest BCUT2D eigenvalue weighted by molar-refractivity contribution is 0.510. The van der Waals surface area contributed by atoms with Crippen LogP contribution >= 0.6 is 11.6 Å². The number of benzene rings is 2. The molecule has 0 spiro atoms. The first-order valence-corrected chi connectivity index (χ1v) is 6.08. The average Bonchev–Trinajstić information content (AvgIpc) is 2.32. The van der Waals surface area contributed by atoms with Crippen molar-refractivity contribution in [2.75, 3.05) is 0 Å². The molecule has 0 saturated heterocycles. The van der Waals surface area contributed by atoms with Gasteiger partial charge in [-0.05, 0) is 42.3 Å². The Labute approximate surface area is 115 Å². The molecule has 0 saturated carbocycles. The van der Waals surface area contributed by atoms with E-state index in [1.807, 2.05) is 6.92 Å². The maximum absolute atomic E-state index is 13.8. The number of nitrogens with two attached hydrogens (primary N) is 1. The van der Waals surface area contributed by atoms with E-state index >= 15 is 0 Å². The number of rotatable bonds is 3. The van der Waals surface area contributed by atoms with E-state index in [9.17, 15) is 8.78 Å². The summed E-state index contributed by atoms with van der Waals surface area (Å²) in [6.45, 7) is 1.85.